The molecular weight excluding hydrogens is 366 g/mol. The number of likely N-dealkylation sites (N-methyl/N-ethyl adjacent to an activating group) is 2. The average molecular weight is 398 g/mol. The first-order valence-electron chi connectivity index (χ1n) is 10.3. The lowest BCUT2D eigenvalue weighted by atomic mass is 10.1. The van der Waals surface area contributed by atoms with Crippen molar-refractivity contribution >= 4 is 11.8 Å². The maximum atomic E-state index is 13.0. The Morgan fingerprint density at radius 1 is 1.17 bits per heavy atom. The molecule has 2 heterocycles. The van der Waals surface area contributed by atoms with Gasteiger partial charge in [-0.15, -0.1) is 0 Å². The monoisotopic (exact) mass is 397 g/mol. The minimum atomic E-state index is -0.317. The average Bonchev–Trinajstić information content (AvgIpc) is 3.23. The number of amides is 2. The van der Waals surface area contributed by atoms with Crippen LogP contribution in [-0.2, 0) is 17.8 Å². The molecule has 1 aliphatic heterocycles. The Morgan fingerprint density at radius 3 is 2.62 bits per heavy atom. The summed E-state index contributed by atoms with van der Waals surface area (Å²) < 4.78 is 1.74. The van der Waals surface area contributed by atoms with Gasteiger partial charge in [-0.2, -0.15) is 5.10 Å². The van der Waals surface area contributed by atoms with Gasteiger partial charge in [0.05, 0.1) is 0 Å². The number of rotatable bonds is 7. The zero-order chi connectivity index (χ0) is 20.8. The van der Waals surface area contributed by atoms with E-state index < -0.39 is 0 Å². The van der Waals surface area contributed by atoms with Gasteiger partial charge in [-0.3, -0.25) is 19.2 Å². The highest BCUT2D eigenvalue weighted by molar-refractivity contribution is 5.93. The van der Waals surface area contributed by atoms with Gasteiger partial charge in [-0.1, -0.05) is 30.3 Å². The van der Waals surface area contributed by atoms with Crippen molar-refractivity contribution in [2.45, 2.75) is 32.4 Å². The van der Waals surface area contributed by atoms with Crippen LogP contribution in [0.2, 0.25) is 0 Å². The minimum Gasteiger partial charge on any atom is -0.344 e. The van der Waals surface area contributed by atoms with Gasteiger partial charge in [0.15, 0.2) is 0 Å². The third kappa shape index (κ3) is 5.23. The molecule has 7 nitrogen and oxygen atoms in total. The van der Waals surface area contributed by atoms with Gasteiger partial charge in [0, 0.05) is 46.0 Å². The van der Waals surface area contributed by atoms with E-state index in [1.807, 2.05) is 50.3 Å². The van der Waals surface area contributed by atoms with E-state index in [0.29, 0.717) is 31.9 Å². The lowest BCUT2D eigenvalue weighted by Gasteiger charge is -2.39. The summed E-state index contributed by atoms with van der Waals surface area (Å²) in [5, 5.41) is 4.31. The molecule has 2 aromatic rings. The third-order valence-electron chi connectivity index (χ3n) is 5.58. The first-order chi connectivity index (χ1) is 14.0. The summed E-state index contributed by atoms with van der Waals surface area (Å²) >= 11 is 0. The first-order valence-corrected chi connectivity index (χ1v) is 10.3. The summed E-state index contributed by atoms with van der Waals surface area (Å²) in [7, 11) is 3.80. The summed E-state index contributed by atoms with van der Waals surface area (Å²) in [5.74, 6) is -0.0352. The Morgan fingerprint density at radius 2 is 1.93 bits per heavy atom. The number of nitrogens with zero attached hydrogens (tertiary/aromatic N) is 5. The molecule has 2 amide bonds. The van der Waals surface area contributed by atoms with Crippen LogP contribution in [-0.4, -0.2) is 82.6 Å². The van der Waals surface area contributed by atoms with Crippen molar-refractivity contribution < 1.29 is 9.59 Å². The van der Waals surface area contributed by atoms with Crippen LogP contribution < -0.4 is 0 Å². The number of carbonyl (C=O) groups is 2. The molecule has 0 spiro atoms. The van der Waals surface area contributed by atoms with E-state index in [2.05, 4.69) is 17.2 Å². The van der Waals surface area contributed by atoms with Gasteiger partial charge in [-0.05, 0) is 38.4 Å². The molecule has 1 aromatic heterocycles. The normalized spacial score (nSPS) is 17.3. The van der Waals surface area contributed by atoms with Gasteiger partial charge in [0.25, 0.3) is 5.91 Å². The van der Waals surface area contributed by atoms with Gasteiger partial charge in [0.1, 0.15) is 11.7 Å². The Balaban J connectivity index is 1.56. The number of hydrogen-bond donors (Lipinski definition) is 0. The van der Waals surface area contributed by atoms with Crippen molar-refractivity contribution in [3.8, 4) is 0 Å². The zero-order valence-electron chi connectivity index (χ0n) is 17.6. The van der Waals surface area contributed by atoms with Crippen LogP contribution in [0.4, 0.5) is 0 Å². The lowest BCUT2D eigenvalue weighted by molar-refractivity contribution is -0.137. The second-order valence-corrected chi connectivity index (χ2v) is 7.65. The molecule has 7 heteroatoms. The van der Waals surface area contributed by atoms with Gasteiger partial charge >= 0.3 is 0 Å². The molecule has 3 rings (SSSR count). The van der Waals surface area contributed by atoms with E-state index >= 15 is 0 Å². The second-order valence-electron chi connectivity index (χ2n) is 7.65. The Hall–Kier alpha value is -2.67. The van der Waals surface area contributed by atoms with Crippen LogP contribution in [0, 0.1) is 0 Å². The molecule has 1 atom stereocenters. The number of hydrogen-bond acceptors (Lipinski definition) is 4. The Labute approximate surface area is 172 Å². The quantitative estimate of drug-likeness (QED) is 0.714. The summed E-state index contributed by atoms with van der Waals surface area (Å²) in [6.45, 7) is 5.09. The number of piperazine rings is 1. The number of carbonyl (C=O) groups excluding carboxylic acids is 2. The SMILES string of the molecule is CCn1ccc(C(=O)N2CCN(C)[C@H](C(=O)N(C)CCCc3ccccc3)C2)n1. The van der Waals surface area contributed by atoms with Crippen molar-refractivity contribution in [3.63, 3.8) is 0 Å². The van der Waals surface area contributed by atoms with Crippen LogP contribution in [0.3, 0.4) is 0 Å². The topological polar surface area (TPSA) is 61.7 Å². The fourth-order valence-electron chi connectivity index (χ4n) is 3.67. The van der Waals surface area contributed by atoms with Gasteiger partial charge < -0.3 is 9.80 Å². The summed E-state index contributed by atoms with van der Waals surface area (Å²) in [4.78, 5) is 31.4. The van der Waals surface area contributed by atoms with Crippen molar-refractivity contribution in [3.05, 3.63) is 53.9 Å². The number of benzene rings is 1. The Bertz CT molecular complexity index is 820. The molecule has 1 aliphatic rings. The summed E-state index contributed by atoms with van der Waals surface area (Å²) in [6.07, 6.45) is 3.68. The fraction of sp³-hybridized carbons (Fsp3) is 0.500. The van der Waals surface area contributed by atoms with E-state index in [1.54, 1.807) is 20.5 Å². The number of aryl methyl sites for hydroxylation is 2. The highest BCUT2D eigenvalue weighted by Crippen LogP contribution is 2.14. The lowest BCUT2D eigenvalue weighted by Crippen LogP contribution is -2.59. The van der Waals surface area contributed by atoms with Gasteiger partial charge in [0.2, 0.25) is 5.91 Å². The van der Waals surface area contributed by atoms with Crippen LogP contribution in [0.1, 0.15) is 29.4 Å². The summed E-state index contributed by atoms with van der Waals surface area (Å²) in [6, 6.07) is 11.7. The predicted molar refractivity (Wildman–Crippen MR) is 113 cm³/mol. The zero-order valence-corrected chi connectivity index (χ0v) is 17.6. The van der Waals surface area contributed by atoms with E-state index in [1.165, 1.54) is 5.56 Å². The molecule has 1 aromatic carbocycles. The van der Waals surface area contributed by atoms with E-state index in [0.717, 1.165) is 19.4 Å². The first kappa shape index (κ1) is 21.0. The molecule has 0 radical (unpaired) electrons. The molecule has 1 saturated heterocycles. The molecule has 1 fully saturated rings. The molecule has 0 bridgehead atoms. The van der Waals surface area contributed by atoms with E-state index in [4.69, 9.17) is 0 Å². The molecular formula is C22H31N5O2. The van der Waals surface area contributed by atoms with Crippen LogP contribution in [0.5, 0.6) is 0 Å². The summed E-state index contributed by atoms with van der Waals surface area (Å²) in [5.41, 5.74) is 1.73. The van der Waals surface area contributed by atoms with Crippen LogP contribution >= 0.6 is 0 Å². The van der Waals surface area contributed by atoms with Crippen molar-refractivity contribution in [1.29, 1.82) is 0 Å². The maximum Gasteiger partial charge on any atom is 0.274 e. The van der Waals surface area contributed by atoms with Crippen LogP contribution in [0.25, 0.3) is 0 Å². The third-order valence-corrected chi connectivity index (χ3v) is 5.58. The van der Waals surface area contributed by atoms with Crippen molar-refractivity contribution in [1.82, 2.24) is 24.5 Å². The molecule has 0 aliphatic carbocycles. The van der Waals surface area contributed by atoms with Crippen molar-refractivity contribution in [2.24, 2.45) is 0 Å². The fourth-order valence-corrected chi connectivity index (χ4v) is 3.67. The smallest absolute Gasteiger partial charge is 0.274 e. The molecule has 0 saturated carbocycles. The van der Waals surface area contributed by atoms with E-state index in [9.17, 15) is 9.59 Å². The standard InChI is InChI=1S/C22H31N5O2/c1-4-27-14-12-19(23-27)21(28)26-16-15-24(2)20(17-26)22(29)25(3)13-8-11-18-9-6-5-7-10-18/h5-7,9-10,12,14,20H,4,8,11,13,15-17H2,1-3H3/t20-/m0/s1. The number of aromatic nitrogens is 2. The second kappa shape index (κ2) is 9.69. The highest BCUT2D eigenvalue weighted by Gasteiger charge is 2.34. The van der Waals surface area contributed by atoms with Crippen LogP contribution in [0.15, 0.2) is 42.6 Å². The van der Waals surface area contributed by atoms with Gasteiger partial charge in [-0.25, -0.2) is 0 Å². The predicted octanol–water partition coefficient (Wildman–Crippen LogP) is 1.75. The largest absolute Gasteiger partial charge is 0.344 e. The van der Waals surface area contributed by atoms with E-state index in [-0.39, 0.29) is 17.9 Å². The maximum absolute atomic E-state index is 13.0. The molecule has 0 N–H and O–H groups in total. The van der Waals surface area contributed by atoms with Crippen molar-refractivity contribution in [2.75, 3.05) is 40.3 Å². The molecule has 156 valence electrons. The minimum absolute atomic E-state index is 0.0668. The Kier molecular flexibility index (Phi) is 7.04. The molecule has 29 heavy (non-hydrogen) atoms. The molecule has 0 unspecified atom stereocenters. The highest BCUT2D eigenvalue weighted by atomic mass is 16.2.